The molecule has 0 aromatic heterocycles. The molecule has 0 radical (unpaired) electrons. The van der Waals surface area contributed by atoms with E-state index in [0.29, 0.717) is 12.3 Å². The van der Waals surface area contributed by atoms with Gasteiger partial charge in [0.25, 0.3) is 0 Å². The number of carbonyl (C=O) groups is 1. The fraction of sp³-hybridized carbons (Fsp3) is 0.611. The molecular weight excluding hydrogens is 262 g/mol. The van der Waals surface area contributed by atoms with Crippen LogP contribution in [0.1, 0.15) is 65.2 Å². The lowest BCUT2D eigenvalue weighted by Crippen LogP contribution is -2.24. The summed E-state index contributed by atoms with van der Waals surface area (Å²) in [4.78, 5) is 13.1. The van der Waals surface area contributed by atoms with Gasteiger partial charge in [-0.05, 0) is 39.7 Å². The van der Waals surface area contributed by atoms with Crippen LogP contribution in [0.5, 0.6) is 5.75 Å². The Hall–Kier alpha value is -1.51. The average Bonchev–Trinajstić information content (AvgIpc) is 2.27. The maximum Gasteiger partial charge on any atom is 0.219 e. The molecular formula is C18H29NO2. The predicted octanol–water partition coefficient (Wildman–Crippen LogP) is 3.97. The van der Waals surface area contributed by atoms with Gasteiger partial charge in [0.05, 0.1) is 0 Å². The highest BCUT2D eigenvalue weighted by molar-refractivity contribution is 5.72. The molecule has 1 aromatic carbocycles. The zero-order valence-electron chi connectivity index (χ0n) is 14.7. The number of nitrogens with zero attached hydrogens (tertiary/aromatic N) is 1. The Morgan fingerprint density at radius 3 is 1.71 bits per heavy atom. The summed E-state index contributed by atoms with van der Waals surface area (Å²) in [7, 11) is 1.79. The van der Waals surface area contributed by atoms with Gasteiger partial charge in [-0.1, -0.05) is 41.5 Å². The van der Waals surface area contributed by atoms with Gasteiger partial charge in [0, 0.05) is 20.5 Å². The van der Waals surface area contributed by atoms with Crippen molar-refractivity contribution >= 4 is 5.91 Å². The van der Waals surface area contributed by atoms with Crippen molar-refractivity contribution in [2.75, 3.05) is 7.05 Å². The van der Waals surface area contributed by atoms with E-state index in [2.05, 4.69) is 41.5 Å². The van der Waals surface area contributed by atoms with E-state index in [1.54, 1.807) is 18.9 Å². The zero-order chi connectivity index (χ0) is 16.6. The average molecular weight is 291 g/mol. The first kappa shape index (κ1) is 17.5. The van der Waals surface area contributed by atoms with Crippen LogP contribution in [0.3, 0.4) is 0 Å². The van der Waals surface area contributed by atoms with Gasteiger partial charge >= 0.3 is 0 Å². The second kappa shape index (κ2) is 5.70. The molecule has 1 N–H and O–H groups in total. The number of rotatable bonds is 2. The monoisotopic (exact) mass is 291 g/mol. The van der Waals surface area contributed by atoms with Crippen LogP contribution >= 0.6 is 0 Å². The van der Waals surface area contributed by atoms with Gasteiger partial charge in [-0.2, -0.15) is 0 Å². The van der Waals surface area contributed by atoms with Crippen molar-refractivity contribution in [3.8, 4) is 5.75 Å². The predicted molar refractivity (Wildman–Crippen MR) is 87.7 cm³/mol. The minimum absolute atomic E-state index is 0.0395. The van der Waals surface area contributed by atoms with Crippen molar-refractivity contribution in [1.82, 2.24) is 4.90 Å². The SMILES string of the molecule is CC(=O)N(C)Cc1cc(C(C)(C)C)c(O)c(C(C)(C)C)c1. The number of phenolic OH excluding ortho intramolecular Hbond substituents is 1. The van der Waals surface area contributed by atoms with Gasteiger partial charge in [-0.25, -0.2) is 0 Å². The van der Waals surface area contributed by atoms with Gasteiger partial charge in [0.15, 0.2) is 0 Å². The number of phenols is 1. The third kappa shape index (κ3) is 4.23. The van der Waals surface area contributed by atoms with Crippen LogP contribution in [0.25, 0.3) is 0 Å². The highest BCUT2D eigenvalue weighted by Crippen LogP contribution is 2.39. The number of hydrogen-bond donors (Lipinski definition) is 1. The molecule has 1 amide bonds. The summed E-state index contributed by atoms with van der Waals surface area (Å²) in [5, 5.41) is 10.6. The van der Waals surface area contributed by atoms with Crippen molar-refractivity contribution in [3.63, 3.8) is 0 Å². The second-order valence-corrected chi connectivity index (χ2v) is 7.91. The minimum Gasteiger partial charge on any atom is -0.507 e. The van der Waals surface area contributed by atoms with E-state index in [0.717, 1.165) is 16.7 Å². The highest BCUT2D eigenvalue weighted by atomic mass is 16.3. The molecule has 0 aliphatic heterocycles. The summed E-state index contributed by atoms with van der Waals surface area (Å²) in [5.74, 6) is 0.418. The summed E-state index contributed by atoms with van der Waals surface area (Å²) < 4.78 is 0. The van der Waals surface area contributed by atoms with Crippen molar-refractivity contribution < 1.29 is 9.90 Å². The molecule has 118 valence electrons. The molecule has 0 heterocycles. The Labute approximate surface area is 129 Å². The first-order chi connectivity index (χ1) is 9.34. The van der Waals surface area contributed by atoms with Crippen LogP contribution in [0.4, 0.5) is 0 Å². The molecule has 1 aromatic rings. The van der Waals surface area contributed by atoms with Crippen molar-refractivity contribution in [1.29, 1.82) is 0 Å². The summed E-state index contributed by atoms with van der Waals surface area (Å²) in [5.41, 5.74) is 2.63. The van der Waals surface area contributed by atoms with Crippen LogP contribution in [-0.4, -0.2) is 23.0 Å². The lowest BCUT2D eigenvalue weighted by Gasteiger charge is -2.29. The molecule has 3 nitrogen and oxygen atoms in total. The van der Waals surface area contributed by atoms with Gasteiger partial charge in [-0.15, -0.1) is 0 Å². The Morgan fingerprint density at radius 2 is 1.43 bits per heavy atom. The number of amides is 1. The maximum absolute atomic E-state index is 11.5. The van der Waals surface area contributed by atoms with E-state index in [9.17, 15) is 9.90 Å². The molecule has 0 aliphatic carbocycles. The van der Waals surface area contributed by atoms with Crippen molar-refractivity contribution in [2.24, 2.45) is 0 Å². The Bertz CT molecular complexity index is 498. The summed E-state index contributed by atoms with van der Waals surface area (Å²) >= 11 is 0. The Balaban J connectivity index is 3.44. The van der Waals surface area contributed by atoms with E-state index in [1.165, 1.54) is 0 Å². The Morgan fingerprint density at radius 1 is 1.05 bits per heavy atom. The van der Waals surface area contributed by atoms with Crippen LogP contribution < -0.4 is 0 Å². The number of carbonyl (C=O) groups excluding carboxylic acids is 1. The van der Waals surface area contributed by atoms with Crippen molar-refractivity contribution in [2.45, 2.75) is 65.8 Å². The molecule has 0 aliphatic rings. The van der Waals surface area contributed by atoms with Gasteiger partial charge in [0.2, 0.25) is 5.91 Å². The van der Waals surface area contributed by atoms with E-state index in [1.807, 2.05) is 12.1 Å². The molecule has 0 atom stereocenters. The smallest absolute Gasteiger partial charge is 0.219 e. The third-order valence-corrected chi connectivity index (χ3v) is 3.74. The molecule has 0 bridgehead atoms. The van der Waals surface area contributed by atoms with E-state index >= 15 is 0 Å². The van der Waals surface area contributed by atoms with E-state index in [4.69, 9.17) is 0 Å². The molecule has 0 spiro atoms. The van der Waals surface area contributed by atoms with Gasteiger partial charge in [-0.3, -0.25) is 4.79 Å². The molecule has 0 fully saturated rings. The first-order valence-electron chi connectivity index (χ1n) is 7.42. The Kier molecular flexibility index (Phi) is 4.76. The molecule has 21 heavy (non-hydrogen) atoms. The second-order valence-electron chi connectivity index (χ2n) is 7.91. The lowest BCUT2D eigenvalue weighted by atomic mass is 9.78. The largest absolute Gasteiger partial charge is 0.507 e. The van der Waals surface area contributed by atoms with Gasteiger partial charge < -0.3 is 10.0 Å². The fourth-order valence-electron chi connectivity index (χ4n) is 2.31. The highest BCUT2D eigenvalue weighted by Gasteiger charge is 2.26. The summed E-state index contributed by atoms with van der Waals surface area (Å²) in [6, 6.07) is 4.04. The third-order valence-electron chi connectivity index (χ3n) is 3.74. The number of hydrogen-bond acceptors (Lipinski definition) is 2. The molecule has 0 unspecified atom stereocenters. The lowest BCUT2D eigenvalue weighted by molar-refractivity contribution is -0.128. The van der Waals surface area contributed by atoms with E-state index in [-0.39, 0.29) is 16.7 Å². The fourth-order valence-corrected chi connectivity index (χ4v) is 2.31. The zero-order valence-corrected chi connectivity index (χ0v) is 14.7. The van der Waals surface area contributed by atoms with Crippen LogP contribution in [0.15, 0.2) is 12.1 Å². The normalized spacial score (nSPS) is 12.4. The van der Waals surface area contributed by atoms with Gasteiger partial charge in [0.1, 0.15) is 5.75 Å². The van der Waals surface area contributed by atoms with Crippen LogP contribution in [0, 0.1) is 0 Å². The van der Waals surface area contributed by atoms with Crippen LogP contribution in [-0.2, 0) is 22.2 Å². The molecule has 0 saturated carbocycles. The van der Waals surface area contributed by atoms with Crippen molar-refractivity contribution in [3.05, 3.63) is 28.8 Å². The summed E-state index contributed by atoms with van der Waals surface area (Å²) in [6.45, 7) is 14.7. The maximum atomic E-state index is 11.5. The molecule has 1 rings (SSSR count). The molecule has 0 saturated heterocycles. The quantitative estimate of drug-likeness (QED) is 0.895. The topological polar surface area (TPSA) is 40.5 Å². The van der Waals surface area contributed by atoms with Crippen LogP contribution in [0.2, 0.25) is 0 Å². The van der Waals surface area contributed by atoms with E-state index < -0.39 is 0 Å². The standard InChI is InChI=1S/C18H29NO2/c1-12(20)19(8)11-13-9-14(17(2,3)4)16(21)15(10-13)18(5,6)7/h9-10,21H,11H2,1-8H3. The number of benzene rings is 1. The molecule has 3 heteroatoms. The first-order valence-corrected chi connectivity index (χ1v) is 7.42. The summed E-state index contributed by atoms with van der Waals surface area (Å²) in [6.07, 6.45) is 0. The minimum atomic E-state index is -0.144. The number of aromatic hydroxyl groups is 1.